The maximum Gasteiger partial charge on any atom is 0.237 e. The van der Waals surface area contributed by atoms with E-state index in [-0.39, 0.29) is 11.9 Å². The van der Waals surface area contributed by atoms with E-state index in [4.69, 9.17) is 0 Å². The SMILES string of the molecule is CCc1nnc(Nc2cc([C@H]3CCCN3C(=O)CNC)nc(C)n2)s1. The van der Waals surface area contributed by atoms with E-state index in [9.17, 15) is 4.79 Å². The highest BCUT2D eigenvalue weighted by atomic mass is 32.1. The summed E-state index contributed by atoms with van der Waals surface area (Å²) in [6, 6.07) is 1.92. The fraction of sp³-hybridized carbons (Fsp3) is 0.562. The van der Waals surface area contributed by atoms with Crippen LogP contribution in [-0.2, 0) is 11.2 Å². The molecule has 1 aliphatic heterocycles. The number of rotatable bonds is 6. The molecule has 1 amide bonds. The van der Waals surface area contributed by atoms with Crippen LogP contribution in [0.25, 0.3) is 0 Å². The predicted octanol–water partition coefficient (Wildman–Crippen LogP) is 1.83. The van der Waals surface area contributed by atoms with Crippen LogP contribution >= 0.6 is 11.3 Å². The van der Waals surface area contributed by atoms with Gasteiger partial charge in [-0.25, -0.2) is 9.97 Å². The van der Waals surface area contributed by atoms with E-state index in [2.05, 4.69) is 30.8 Å². The van der Waals surface area contributed by atoms with Crippen molar-refractivity contribution in [1.29, 1.82) is 0 Å². The number of aromatic nitrogens is 4. The topological polar surface area (TPSA) is 95.9 Å². The number of carbonyl (C=O) groups excluding carboxylic acids is 1. The van der Waals surface area contributed by atoms with Gasteiger partial charge in [-0.2, -0.15) is 0 Å². The van der Waals surface area contributed by atoms with Crippen molar-refractivity contribution in [2.75, 3.05) is 25.5 Å². The molecule has 1 saturated heterocycles. The van der Waals surface area contributed by atoms with Crippen LogP contribution in [0.4, 0.5) is 10.9 Å². The molecule has 0 radical (unpaired) electrons. The summed E-state index contributed by atoms with van der Waals surface area (Å²) in [7, 11) is 1.78. The lowest BCUT2D eigenvalue weighted by atomic mass is 10.1. The number of aryl methyl sites for hydroxylation is 2. The van der Waals surface area contributed by atoms with E-state index in [1.165, 1.54) is 11.3 Å². The molecule has 0 unspecified atom stereocenters. The Balaban J connectivity index is 1.82. The monoisotopic (exact) mass is 361 g/mol. The number of likely N-dealkylation sites (tertiary alicyclic amines) is 1. The predicted molar refractivity (Wildman–Crippen MR) is 97.0 cm³/mol. The summed E-state index contributed by atoms with van der Waals surface area (Å²) in [6.07, 6.45) is 2.77. The normalized spacial score (nSPS) is 17.1. The van der Waals surface area contributed by atoms with Crippen LogP contribution in [0, 0.1) is 6.92 Å². The Bertz CT molecular complexity index is 748. The molecular formula is C16H23N7OS. The zero-order valence-corrected chi connectivity index (χ0v) is 15.6. The Hall–Kier alpha value is -2.13. The van der Waals surface area contributed by atoms with Gasteiger partial charge in [0.1, 0.15) is 16.6 Å². The molecule has 1 atom stereocenters. The summed E-state index contributed by atoms with van der Waals surface area (Å²) in [5.41, 5.74) is 0.872. The van der Waals surface area contributed by atoms with Crippen LogP contribution in [0.2, 0.25) is 0 Å². The van der Waals surface area contributed by atoms with Gasteiger partial charge < -0.3 is 15.5 Å². The van der Waals surface area contributed by atoms with E-state index in [0.29, 0.717) is 18.2 Å². The molecule has 3 heterocycles. The largest absolute Gasteiger partial charge is 0.333 e. The first-order chi connectivity index (χ1) is 12.1. The summed E-state index contributed by atoms with van der Waals surface area (Å²) < 4.78 is 0. The summed E-state index contributed by atoms with van der Waals surface area (Å²) in [5, 5.41) is 16.1. The highest BCUT2D eigenvalue weighted by molar-refractivity contribution is 7.15. The van der Waals surface area contributed by atoms with Crippen molar-refractivity contribution in [2.45, 2.75) is 39.2 Å². The van der Waals surface area contributed by atoms with Crippen molar-refractivity contribution < 1.29 is 4.79 Å². The molecule has 0 aliphatic carbocycles. The minimum atomic E-state index is 0.00345. The van der Waals surface area contributed by atoms with Crippen molar-refractivity contribution in [3.8, 4) is 0 Å². The second-order valence-corrected chi connectivity index (χ2v) is 7.04. The third-order valence-electron chi connectivity index (χ3n) is 4.10. The Morgan fingerprint density at radius 1 is 1.40 bits per heavy atom. The lowest BCUT2D eigenvalue weighted by Crippen LogP contribution is -2.37. The van der Waals surface area contributed by atoms with Crippen molar-refractivity contribution in [1.82, 2.24) is 30.4 Å². The van der Waals surface area contributed by atoms with Crippen molar-refractivity contribution in [2.24, 2.45) is 0 Å². The molecule has 134 valence electrons. The quantitative estimate of drug-likeness (QED) is 0.810. The minimum Gasteiger partial charge on any atom is -0.333 e. The van der Waals surface area contributed by atoms with Gasteiger partial charge in [0.05, 0.1) is 18.3 Å². The average molecular weight is 361 g/mol. The minimum absolute atomic E-state index is 0.00345. The van der Waals surface area contributed by atoms with Gasteiger partial charge in [-0.15, -0.1) is 10.2 Å². The third-order valence-corrected chi connectivity index (χ3v) is 5.09. The summed E-state index contributed by atoms with van der Waals surface area (Å²) in [6.45, 7) is 5.03. The first-order valence-corrected chi connectivity index (χ1v) is 9.31. The second kappa shape index (κ2) is 7.83. The van der Waals surface area contributed by atoms with E-state index < -0.39 is 0 Å². The zero-order valence-electron chi connectivity index (χ0n) is 14.7. The smallest absolute Gasteiger partial charge is 0.237 e. The number of hydrogen-bond acceptors (Lipinski definition) is 8. The molecule has 25 heavy (non-hydrogen) atoms. The molecule has 1 fully saturated rings. The maximum absolute atomic E-state index is 12.3. The highest BCUT2D eigenvalue weighted by Crippen LogP contribution is 2.32. The van der Waals surface area contributed by atoms with Crippen molar-refractivity contribution in [3.63, 3.8) is 0 Å². The number of likely N-dealkylation sites (N-methyl/N-ethyl adjacent to an activating group) is 1. The first kappa shape index (κ1) is 17.7. The third kappa shape index (κ3) is 4.10. The number of carbonyl (C=O) groups is 1. The molecule has 8 nitrogen and oxygen atoms in total. The molecule has 3 rings (SSSR count). The second-order valence-electron chi connectivity index (χ2n) is 5.98. The highest BCUT2D eigenvalue weighted by Gasteiger charge is 2.31. The number of amides is 1. The summed E-state index contributed by atoms with van der Waals surface area (Å²) in [4.78, 5) is 23.2. The fourth-order valence-corrected chi connectivity index (χ4v) is 3.69. The Labute approximate surface area is 151 Å². The summed E-state index contributed by atoms with van der Waals surface area (Å²) >= 11 is 1.52. The molecule has 0 saturated carbocycles. The molecule has 0 aromatic carbocycles. The van der Waals surface area contributed by atoms with Gasteiger partial charge in [0.2, 0.25) is 11.0 Å². The zero-order chi connectivity index (χ0) is 17.8. The maximum atomic E-state index is 12.3. The van der Waals surface area contributed by atoms with Crippen LogP contribution in [0.3, 0.4) is 0 Å². The lowest BCUT2D eigenvalue weighted by molar-refractivity contribution is -0.131. The Morgan fingerprint density at radius 2 is 2.24 bits per heavy atom. The van der Waals surface area contributed by atoms with Crippen molar-refractivity contribution in [3.05, 3.63) is 22.6 Å². The summed E-state index contributed by atoms with van der Waals surface area (Å²) in [5.74, 6) is 1.47. The molecule has 0 bridgehead atoms. The number of anilines is 2. The van der Waals surface area contributed by atoms with Crippen LogP contribution in [0.1, 0.15) is 42.3 Å². The fourth-order valence-electron chi connectivity index (χ4n) is 3.01. The average Bonchev–Trinajstić information content (AvgIpc) is 3.23. The van der Waals surface area contributed by atoms with Gasteiger partial charge >= 0.3 is 0 Å². The van der Waals surface area contributed by atoms with Crippen molar-refractivity contribution >= 4 is 28.2 Å². The van der Waals surface area contributed by atoms with Gasteiger partial charge in [-0.3, -0.25) is 4.79 Å². The Morgan fingerprint density at radius 3 is 2.96 bits per heavy atom. The number of nitrogens with zero attached hydrogens (tertiary/aromatic N) is 5. The standard InChI is InChI=1S/C16H23N7OS/c1-4-14-21-22-16(25-14)20-13-8-11(18-10(2)19-13)12-6-5-7-23(12)15(24)9-17-3/h8,12,17H,4-7,9H2,1-3H3,(H,18,19,20,22)/t12-/m1/s1. The molecule has 2 aromatic heterocycles. The van der Waals surface area contributed by atoms with E-state index in [1.54, 1.807) is 7.05 Å². The molecule has 9 heteroatoms. The van der Waals surface area contributed by atoms with Crippen LogP contribution in [0.15, 0.2) is 6.07 Å². The van der Waals surface area contributed by atoms with E-state index in [1.807, 2.05) is 24.8 Å². The molecular weight excluding hydrogens is 338 g/mol. The van der Waals surface area contributed by atoms with Gasteiger partial charge in [-0.05, 0) is 33.2 Å². The van der Waals surface area contributed by atoms with Gasteiger partial charge in [-0.1, -0.05) is 18.3 Å². The first-order valence-electron chi connectivity index (χ1n) is 8.49. The van der Waals surface area contributed by atoms with E-state index in [0.717, 1.165) is 41.6 Å². The molecule has 2 N–H and O–H groups in total. The molecule has 2 aromatic rings. The number of hydrogen-bond donors (Lipinski definition) is 2. The van der Waals surface area contributed by atoms with Gasteiger partial charge in [0.15, 0.2) is 0 Å². The van der Waals surface area contributed by atoms with Crippen LogP contribution in [0.5, 0.6) is 0 Å². The van der Waals surface area contributed by atoms with Gasteiger partial charge in [0, 0.05) is 12.6 Å². The lowest BCUT2D eigenvalue weighted by Gasteiger charge is -2.24. The Kier molecular flexibility index (Phi) is 5.54. The number of nitrogens with one attached hydrogen (secondary N) is 2. The van der Waals surface area contributed by atoms with Gasteiger partial charge in [0.25, 0.3) is 0 Å². The van der Waals surface area contributed by atoms with Crippen LogP contribution < -0.4 is 10.6 Å². The molecule has 1 aliphatic rings. The van der Waals surface area contributed by atoms with E-state index >= 15 is 0 Å². The van der Waals surface area contributed by atoms with Crippen LogP contribution in [-0.4, -0.2) is 51.1 Å². The molecule has 0 spiro atoms.